The summed E-state index contributed by atoms with van der Waals surface area (Å²) in [7, 11) is 0. The average molecular weight is 261 g/mol. The van der Waals surface area contributed by atoms with Gasteiger partial charge in [-0.05, 0) is 20.8 Å². The zero-order valence-electron chi connectivity index (χ0n) is 11.5. The number of rotatable bonds is 5. The monoisotopic (exact) mass is 261 g/mol. The topological polar surface area (TPSA) is 85.8 Å². The maximum absolute atomic E-state index is 5.78. The molecule has 102 valence electrons. The van der Waals surface area contributed by atoms with Crippen LogP contribution in [-0.4, -0.2) is 37.6 Å². The molecule has 0 aliphatic carbocycles. The van der Waals surface area contributed by atoms with E-state index < -0.39 is 0 Å². The van der Waals surface area contributed by atoms with E-state index in [0.29, 0.717) is 17.6 Å². The van der Waals surface area contributed by atoms with Crippen LogP contribution in [0.15, 0.2) is 12.4 Å². The summed E-state index contributed by atoms with van der Waals surface area (Å²) in [4.78, 5) is 19.1. The second kappa shape index (κ2) is 5.64. The summed E-state index contributed by atoms with van der Waals surface area (Å²) in [5.41, 5.74) is 5.78. The van der Waals surface area contributed by atoms with Crippen molar-refractivity contribution in [2.45, 2.75) is 27.3 Å². The van der Waals surface area contributed by atoms with Crippen LogP contribution in [0.4, 0.5) is 11.9 Å². The second-order valence-electron chi connectivity index (χ2n) is 4.03. The third-order valence-corrected chi connectivity index (χ3v) is 2.94. The maximum atomic E-state index is 5.78. The van der Waals surface area contributed by atoms with Gasteiger partial charge in [0.1, 0.15) is 0 Å². The molecule has 0 aromatic carbocycles. The van der Waals surface area contributed by atoms with E-state index in [1.807, 2.05) is 22.6 Å². The van der Waals surface area contributed by atoms with Crippen LogP contribution in [0.5, 0.6) is 0 Å². The van der Waals surface area contributed by atoms with Gasteiger partial charge in [0.15, 0.2) is 5.82 Å². The molecule has 2 aromatic rings. The first-order valence-corrected chi connectivity index (χ1v) is 6.47. The first-order chi connectivity index (χ1) is 9.19. The standard InChI is InChI=1S/C12H19N7/c1-4-18(5-2)12-16-9(15-11(13)17-12)10-14-7-8-19(10)6-3/h7-8H,4-6H2,1-3H3,(H2,13,15,16,17). The van der Waals surface area contributed by atoms with Gasteiger partial charge in [-0.15, -0.1) is 0 Å². The maximum Gasteiger partial charge on any atom is 0.230 e. The molecule has 2 rings (SSSR count). The lowest BCUT2D eigenvalue weighted by atomic mass is 10.5. The minimum absolute atomic E-state index is 0.220. The van der Waals surface area contributed by atoms with E-state index in [9.17, 15) is 0 Å². The van der Waals surface area contributed by atoms with Gasteiger partial charge in [-0.2, -0.15) is 15.0 Å². The lowest BCUT2D eigenvalue weighted by Crippen LogP contribution is -2.25. The molecule has 0 aliphatic heterocycles. The van der Waals surface area contributed by atoms with Gasteiger partial charge < -0.3 is 15.2 Å². The zero-order valence-corrected chi connectivity index (χ0v) is 11.5. The number of aryl methyl sites for hydroxylation is 1. The number of aromatic nitrogens is 5. The molecule has 19 heavy (non-hydrogen) atoms. The first kappa shape index (κ1) is 13.3. The van der Waals surface area contributed by atoms with Crippen molar-refractivity contribution >= 4 is 11.9 Å². The van der Waals surface area contributed by atoms with Gasteiger partial charge in [0.05, 0.1) is 0 Å². The Labute approximate surface area is 112 Å². The Morgan fingerprint density at radius 3 is 2.53 bits per heavy atom. The quantitative estimate of drug-likeness (QED) is 0.870. The van der Waals surface area contributed by atoms with E-state index in [1.165, 1.54) is 0 Å². The summed E-state index contributed by atoms with van der Waals surface area (Å²) in [5, 5.41) is 0. The summed E-state index contributed by atoms with van der Waals surface area (Å²) < 4.78 is 1.97. The predicted molar refractivity (Wildman–Crippen MR) is 74.7 cm³/mol. The Bertz CT molecular complexity index is 545. The van der Waals surface area contributed by atoms with Crippen LogP contribution >= 0.6 is 0 Å². The van der Waals surface area contributed by atoms with Crippen molar-refractivity contribution in [2.24, 2.45) is 0 Å². The Morgan fingerprint density at radius 2 is 1.89 bits per heavy atom. The second-order valence-corrected chi connectivity index (χ2v) is 4.03. The Balaban J connectivity index is 2.47. The number of nitrogen functional groups attached to an aromatic ring is 1. The molecule has 7 nitrogen and oxygen atoms in total. The number of hydrogen-bond acceptors (Lipinski definition) is 6. The van der Waals surface area contributed by atoms with E-state index in [4.69, 9.17) is 5.73 Å². The normalized spacial score (nSPS) is 10.7. The molecule has 0 fully saturated rings. The van der Waals surface area contributed by atoms with Crippen LogP contribution in [0.2, 0.25) is 0 Å². The summed E-state index contributed by atoms with van der Waals surface area (Å²) in [5.74, 6) is 2.04. The molecule has 0 aliphatic rings. The highest BCUT2D eigenvalue weighted by atomic mass is 15.3. The van der Waals surface area contributed by atoms with Crippen LogP contribution in [0.3, 0.4) is 0 Å². The molecular weight excluding hydrogens is 242 g/mol. The van der Waals surface area contributed by atoms with Crippen LogP contribution in [0, 0.1) is 0 Å². The van der Waals surface area contributed by atoms with E-state index in [-0.39, 0.29) is 5.95 Å². The van der Waals surface area contributed by atoms with Crippen LogP contribution < -0.4 is 10.6 Å². The molecule has 2 N–H and O–H groups in total. The Hall–Kier alpha value is -2.18. The van der Waals surface area contributed by atoms with Gasteiger partial charge >= 0.3 is 0 Å². The van der Waals surface area contributed by atoms with Crippen molar-refractivity contribution in [3.05, 3.63) is 12.4 Å². The molecule has 0 spiro atoms. The van der Waals surface area contributed by atoms with Gasteiger partial charge in [-0.1, -0.05) is 0 Å². The van der Waals surface area contributed by atoms with E-state index in [1.54, 1.807) is 6.20 Å². The fourth-order valence-corrected chi connectivity index (χ4v) is 1.90. The number of nitrogens with zero attached hydrogens (tertiary/aromatic N) is 6. The van der Waals surface area contributed by atoms with E-state index in [2.05, 4.69) is 33.8 Å². The van der Waals surface area contributed by atoms with Crippen molar-refractivity contribution in [1.29, 1.82) is 0 Å². The molecule has 2 aromatic heterocycles. The lowest BCUT2D eigenvalue weighted by Gasteiger charge is -2.18. The predicted octanol–water partition coefficient (Wildman–Crippen LogP) is 1.18. The number of nitrogens with two attached hydrogens (primary N) is 1. The molecule has 0 amide bonds. The first-order valence-electron chi connectivity index (χ1n) is 6.47. The third kappa shape index (κ3) is 2.64. The summed E-state index contributed by atoms with van der Waals surface area (Å²) in [6.45, 7) is 8.60. The zero-order chi connectivity index (χ0) is 13.8. The molecule has 7 heteroatoms. The SMILES string of the molecule is CCN(CC)c1nc(N)nc(-c2nccn2CC)n1. The molecule has 0 saturated heterocycles. The summed E-state index contributed by atoms with van der Waals surface area (Å²) in [6.07, 6.45) is 3.63. The fourth-order valence-electron chi connectivity index (χ4n) is 1.90. The minimum atomic E-state index is 0.220. The fraction of sp³-hybridized carbons (Fsp3) is 0.500. The molecule has 0 unspecified atom stereocenters. The van der Waals surface area contributed by atoms with Crippen molar-refractivity contribution in [3.8, 4) is 11.6 Å². The Morgan fingerprint density at radius 1 is 1.16 bits per heavy atom. The van der Waals surface area contributed by atoms with Crippen LogP contribution in [-0.2, 0) is 6.54 Å². The van der Waals surface area contributed by atoms with Gasteiger partial charge in [0, 0.05) is 32.0 Å². The van der Waals surface area contributed by atoms with Crippen LogP contribution in [0.25, 0.3) is 11.6 Å². The smallest absolute Gasteiger partial charge is 0.230 e. The van der Waals surface area contributed by atoms with Gasteiger partial charge in [0.2, 0.25) is 17.7 Å². The number of imidazole rings is 1. The number of anilines is 2. The molecule has 0 bridgehead atoms. The molecular formula is C12H19N7. The van der Waals surface area contributed by atoms with Gasteiger partial charge in [0.25, 0.3) is 0 Å². The highest BCUT2D eigenvalue weighted by Gasteiger charge is 2.14. The van der Waals surface area contributed by atoms with Crippen molar-refractivity contribution < 1.29 is 0 Å². The molecule has 0 saturated carbocycles. The largest absolute Gasteiger partial charge is 0.368 e. The highest BCUT2D eigenvalue weighted by molar-refractivity contribution is 5.50. The minimum Gasteiger partial charge on any atom is -0.368 e. The average Bonchev–Trinajstić information content (AvgIpc) is 2.88. The lowest BCUT2D eigenvalue weighted by molar-refractivity contribution is 0.759. The van der Waals surface area contributed by atoms with E-state index in [0.717, 1.165) is 19.6 Å². The highest BCUT2D eigenvalue weighted by Crippen LogP contribution is 2.17. The van der Waals surface area contributed by atoms with Crippen LogP contribution in [0.1, 0.15) is 20.8 Å². The van der Waals surface area contributed by atoms with E-state index >= 15 is 0 Å². The Kier molecular flexibility index (Phi) is 3.94. The summed E-state index contributed by atoms with van der Waals surface area (Å²) in [6, 6.07) is 0. The van der Waals surface area contributed by atoms with Crippen molar-refractivity contribution in [1.82, 2.24) is 24.5 Å². The van der Waals surface area contributed by atoms with Crippen molar-refractivity contribution in [3.63, 3.8) is 0 Å². The molecule has 2 heterocycles. The third-order valence-electron chi connectivity index (χ3n) is 2.94. The van der Waals surface area contributed by atoms with Gasteiger partial charge in [-0.3, -0.25) is 0 Å². The summed E-state index contributed by atoms with van der Waals surface area (Å²) >= 11 is 0. The van der Waals surface area contributed by atoms with Crippen molar-refractivity contribution in [2.75, 3.05) is 23.7 Å². The van der Waals surface area contributed by atoms with Gasteiger partial charge in [-0.25, -0.2) is 4.98 Å². The molecule has 0 atom stereocenters. The molecule has 0 radical (unpaired) electrons. The number of hydrogen-bond donors (Lipinski definition) is 1.